The Balaban J connectivity index is 2.80. The Morgan fingerprint density at radius 3 is 2.04 bits per heavy atom. The molecule has 0 fully saturated rings. The maximum Gasteiger partial charge on any atom is 0.236 e. The van der Waals surface area contributed by atoms with Crippen molar-refractivity contribution in [2.45, 2.75) is 41.2 Å². The summed E-state index contributed by atoms with van der Waals surface area (Å²) in [5.41, 5.74) is 1.11. The van der Waals surface area contributed by atoms with Gasteiger partial charge in [-0.1, -0.05) is 40.7 Å². The quantitative estimate of drug-likeness (QED) is 0.601. The number of amides is 1. The summed E-state index contributed by atoms with van der Waals surface area (Å²) >= 11 is 0. The van der Waals surface area contributed by atoms with E-state index in [9.17, 15) is 4.79 Å². The molecular formula is C21H36N2O3. The zero-order valence-electron chi connectivity index (χ0n) is 17.5. The predicted octanol–water partition coefficient (Wildman–Crippen LogP) is 3.67. The Morgan fingerprint density at radius 2 is 1.58 bits per heavy atom. The van der Waals surface area contributed by atoms with Crippen molar-refractivity contribution < 1.29 is 14.3 Å². The van der Waals surface area contributed by atoms with Gasteiger partial charge in [-0.25, -0.2) is 0 Å². The lowest BCUT2D eigenvalue weighted by Gasteiger charge is -2.29. The number of carbonyl (C=O) groups is 1. The van der Waals surface area contributed by atoms with Crippen LogP contribution in [-0.4, -0.2) is 56.1 Å². The van der Waals surface area contributed by atoms with Gasteiger partial charge in [0.2, 0.25) is 5.91 Å². The molecule has 0 saturated carbocycles. The largest absolute Gasteiger partial charge is 0.493 e. The number of ether oxygens (including phenoxy) is 2. The predicted molar refractivity (Wildman–Crippen MR) is 107 cm³/mol. The number of hydrogen-bond donors (Lipinski definition) is 0. The molecule has 1 amide bonds. The summed E-state index contributed by atoms with van der Waals surface area (Å²) in [5.74, 6) is 2.58. The standard InChI is InChI=1S/C21H36N2O3/c1-8-22(14-18-9-10-19(25-6)20(11-18)26-7)15-21(24)23(12-16(2)3)13-17(4)5/h9-11,16-17H,8,12-15H2,1-7H3. The van der Waals surface area contributed by atoms with Gasteiger partial charge in [-0.3, -0.25) is 9.69 Å². The molecular weight excluding hydrogens is 328 g/mol. The van der Waals surface area contributed by atoms with Crippen LogP contribution in [0, 0.1) is 11.8 Å². The number of nitrogens with zero attached hydrogens (tertiary/aromatic N) is 2. The minimum Gasteiger partial charge on any atom is -0.493 e. The normalized spacial score (nSPS) is 11.3. The molecule has 1 aromatic rings. The summed E-state index contributed by atoms with van der Waals surface area (Å²) in [6, 6.07) is 5.91. The fourth-order valence-electron chi connectivity index (χ4n) is 2.97. The average molecular weight is 365 g/mol. The molecule has 0 saturated heterocycles. The summed E-state index contributed by atoms with van der Waals surface area (Å²) in [6.07, 6.45) is 0. The lowest BCUT2D eigenvalue weighted by Crippen LogP contribution is -2.43. The van der Waals surface area contributed by atoms with Crippen LogP contribution in [0.15, 0.2) is 18.2 Å². The van der Waals surface area contributed by atoms with Crippen molar-refractivity contribution in [1.82, 2.24) is 9.80 Å². The molecule has 0 N–H and O–H groups in total. The highest BCUT2D eigenvalue weighted by Crippen LogP contribution is 2.28. The molecule has 0 heterocycles. The third kappa shape index (κ3) is 7.24. The first-order chi connectivity index (χ1) is 12.3. The van der Waals surface area contributed by atoms with Gasteiger partial charge >= 0.3 is 0 Å². The van der Waals surface area contributed by atoms with Crippen molar-refractivity contribution in [2.75, 3.05) is 40.4 Å². The number of benzene rings is 1. The highest BCUT2D eigenvalue weighted by atomic mass is 16.5. The van der Waals surface area contributed by atoms with Crippen LogP contribution in [0.3, 0.4) is 0 Å². The molecule has 5 nitrogen and oxygen atoms in total. The maximum absolute atomic E-state index is 12.8. The number of methoxy groups -OCH3 is 2. The molecule has 26 heavy (non-hydrogen) atoms. The van der Waals surface area contributed by atoms with E-state index in [-0.39, 0.29) is 5.91 Å². The van der Waals surface area contributed by atoms with Crippen molar-refractivity contribution >= 4 is 5.91 Å². The number of rotatable bonds is 11. The van der Waals surface area contributed by atoms with E-state index in [1.165, 1.54) is 0 Å². The molecule has 0 atom stereocenters. The van der Waals surface area contributed by atoms with Crippen LogP contribution in [-0.2, 0) is 11.3 Å². The Bertz CT molecular complexity index is 548. The van der Waals surface area contributed by atoms with Gasteiger partial charge in [0.15, 0.2) is 11.5 Å². The van der Waals surface area contributed by atoms with Crippen molar-refractivity contribution in [2.24, 2.45) is 11.8 Å². The third-order valence-corrected chi connectivity index (χ3v) is 4.18. The summed E-state index contributed by atoms with van der Waals surface area (Å²) in [6.45, 7) is 14.3. The van der Waals surface area contributed by atoms with Gasteiger partial charge in [0.05, 0.1) is 20.8 Å². The van der Waals surface area contributed by atoms with Crippen LogP contribution < -0.4 is 9.47 Å². The molecule has 0 aromatic heterocycles. The molecule has 0 spiro atoms. The first-order valence-electron chi connectivity index (χ1n) is 9.51. The molecule has 148 valence electrons. The molecule has 0 bridgehead atoms. The van der Waals surface area contributed by atoms with Crippen molar-refractivity contribution in [1.29, 1.82) is 0 Å². The molecule has 0 aliphatic carbocycles. The molecule has 1 rings (SSSR count). The average Bonchev–Trinajstić information content (AvgIpc) is 2.59. The Labute approximate surface area is 159 Å². The highest BCUT2D eigenvalue weighted by molar-refractivity contribution is 5.78. The van der Waals surface area contributed by atoms with E-state index >= 15 is 0 Å². The van der Waals surface area contributed by atoms with E-state index < -0.39 is 0 Å². The highest BCUT2D eigenvalue weighted by Gasteiger charge is 2.19. The number of likely N-dealkylation sites (N-methyl/N-ethyl adjacent to an activating group) is 1. The zero-order chi connectivity index (χ0) is 19.7. The van der Waals surface area contributed by atoms with Gasteiger partial charge in [0.25, 0.3) is 0 Å². The molecule has 0 aliphatic rings. The van der Waals surface area contributed by atoms with E-state index in [4.69, 9.17) is 9.47 Å². The lowest BCUT2D eigenvalue weighted by molar-refractivity contribution is -0.133. The second-order valence-corrected chi connectivity index (χ2v) is 7.58. The maximum atomic E-state index is 12.8. The van der Waals surface area contributed by atoms with E-state index in [1.54, 1.807) is 14.2 Å². The fourth-order valence-corrected chi connectivity index (χ4v) is 2.97. The Morgan fingerprint density at radius 1 is 1.00 bits per heavy atom. The van der Waals surface area contributed by atoms with Crippen molar-refractivity contribution in [3.8, 4) is 11.5 Å². The lowest BCUT2D eigenvalue weighted by atomic mass is 10.1. The van der Waals surface area contributed by atoms with E-state index in [2.05, 4.69) is 39.5 Å². The van der Waals surface area contributed by atoms with Crippen LogP contribution in [0.2, 0.25) is 0 Å². The minimum atomic E-state index is 0.203. The third-order valence-electron chi connectivity index (χ3n) is 4.18. The van der Waals surface area contributed by atoms with Gasteiger partial charge in [-0.2, -0.15) is 0 Å². The molecule has 0 radical (unpaired) electrons. The number of hydrogen-bond acceptors (Lipinski definition) is 4. The van der Waals surface area contributed by atoms with Crippen LogP contribution in [0.1, 0.15) is 40.2 Å². The van der Waals surface area contributed by atoms with Crippen molar-refractivity contribution in [3.05, 3.63) is 23.8 Å². The molecule has 1 aromatic carbocycles. The van der Waals surface area contributed by atoms with Gasteiger partial charge in [-0.15, -0.1) is 0 Å². The molecule has 0 aliphatic heterocycles. The van der Waals surface area contributed by atoms with Gasteiger partial charge < -0.3 is 14.4 Å². The minimum absolute atomic E-state index is 0.203. The van der Waals surface area contributed by atoms with Crippen LogP contribution in [0.4, 0.5) is 0 Å². The topological polar surface area (TPSA) is 42.0 Å². The molecule has 0 unspecified atom stereocenters. The van der Waals surface area contributed by atoms with Crippen molar-refractivity contribution in [3.63, 3.8) is 0 Å². The van der Waals surface area contributed by atoms with Crippen LogP contribution in [0.25, 0.3) is 0 Å². The fraction of sp³-hybridized carbons (Fsp3) is 0.667. The smallest absolute Gasteiger partial charge is 0.236 e. The zero-order valence-corrected chi connectivity index (χ0v) is 17.5. The van der Waals surface area contributed by atoms with Gasteiger partial charge in [-0.05, 0) is 36.1 Å². The second-order valence-electron chi connectivity index (χ2n) is 7.58. The van der Waals surface area contributed by atoms with E-state index in [0.29, 0.717) is 30.7 Å². The summed E-state index contributed by atoms with van der Waals surface area (Å²) in [7, 11) is 3.27. The first kappa shape index (κ1) is 22.3. The van der Waals surface area contributed by atoms with Gasteiger partial charge in [0.1, 0.15) is 0 Å². The Hall–Kier alpha value is -1.75. The van der Waals surface area contributed by atoms with E-state index in [1.807, 2.05) is 23.1 Å². The van der Waals surface area contributed by atoms with Crippen LogP contribution in [0.5, 0.6) is 11.5 Å². The van der Waals surface area contributed by atoms with E-state index in [0.717, 1.165) is 30.9 Å². The summed E-state index contributed by atoms with van der Waals surface area (Å²) < 4.78 is 10.7. The summed E-state index contributed by atoms with van der Waals surface area (Å²) in [5, 5.41) is 0. The summed E-state index contributed by atoms with van der Waals surface area (Å²) in [4.78, 5) is 17.0. The monoisotopic (exact) mass is 364 g/mol. The first-order valence-corrected chi connectivity index (χ1v) is 9.51. The SMILES string of the molecule is CCN(CC(=O)N(CC(C)C)CC(C)C)Cc1ccc(OC)c(OC)c1. The van der Waals surface area contributed by atoms with Gasteiger partial charge in [0, 0.05) is 19.6 Å². The number of carbonyl (C=O) groups excluding carboxylic acids is 1. The molecule has 5 heteroatoms. The van der Waals surface area contributed by atoms with Crippen LogP contribution >= 0.6 is 0 Å². The Kier molecular flexibility index (Phi) is 9.49. The second kappa shape index (κ2) is 11.1.